The quantitative estimate of drug-likeness (QED) is 0.841. The summed E-state index contributed by atoms with van der Waals surface area (Å²) in [5.74, 6) is 0.593. The average molecular weight is 235 g/mol. The molecule has 1 nitrogen and oxygen atoms in total. The topological polar surface area (TPSA) is 12.0 Å². The largest absolute Gasteiger partial charge is 0.313 e. The number of aryl methyl sites for hydroxylation is 2. The van der Waals surface area contributed by atoms with E-state index in [4.69, 9.17) is 0 Å². The summed E-state index contributed by atoms with van der Waals surface area (Å²) in [6.45, 7) is 8.28. The molecule has 0 saturated heterocycles. The summed E-state index contributed by atoms with van der Waals surface area (Å²) in [6, 6.07) is 4.32. The third-order valence-corrected chi connectivity index (χ3v) is 4.12. The first-order chi connectivity index (χ1) is 7.86. The van der Waals surface area contributed by atoms with E-state index in [9.17, 15) is 4.39 Å². The summed E-state index contributed by atoms with van der Waals surface area (Å²) in [4.78, 5) is 0. The molecule has 1 aromatic carbocycles. The Hall–Kier alpha value is -0.890. The molecule has 1 fully saturated rings. The van der Waals surface area contributed by atoms with Gasteiger partial charge in [0.2, 0.25) is 0 Å². The van der Waals surface area contributed by atoms with E-state index in [2.05, 4.69) is 19.2 Å². The Kier molecular flexibility index (Phi) is 3.03. The van der Waals surface area contributed by atoms with E-state index in [1.807, 2.05) is 33.0 Å². The number of hydrogen-bond acceptors (Lipinski definition) is 1. The summed E-state index contributed by atoms with van der Waals surface area (Å²) >= 11 is 0. The molecule has 17 heavy (non-hydrogen) atoms. The Bertz CT molecular complexity index is 414. The zero-order chi connectivity index (χ0) is 12.8. The van der Waals surface area contributed by atoms with Gasteiger partial charge in [-0.05, 0) is 55.3 Å². The molecule has 2 atom stereocenters. The van der Waals surface area contributed by atoms with E-state index < -0.39 is 0 Å². The normalized spacial score (nSPS) is 23.5. The van der Waals surface area contributed by atoms with Crippen molar-refractivity contribution in [2.24, 2.45) is 11.3 Å². The maximum Gasteiger partial charge on any atom is 0.129 e. The summed E-state index contributed by atoms with van der Waals surface area (Å²) in [5.41, 5.74) is 3.14. The van der Waals surface area contributed by atoms with E-state index in [1.165, 1.54) is 12.0 Å². The Balaban J connectivity index is 2.32. The van der Waals surface area contributed by atoms with Crippen molar-refractivity contribution in [1.82, 2.24) is 5.32 Å². The first-order valence-corrected chi connectivity index (χ1v) is 6.30. The van der Waals surface area contributed by atoms with Crippen molar-refractivity contribution >= 4 is 0 Å². The van der Waals surface area contributed by atoms with Gasteiger partial charge in [-0.2, -0.15) is 0 Å². The zero-order valence-electron chi connectivity index (χ0n) is 11.4. The number of benzene rings is 1. The fourth-order valence-electron chi connectivity index (χ4n) is 2.84. The van der Waals surface area contributed by atoms with Gasteiger partial charge in [0.05, 0.1) is 0 Å². The Morgan fingerprint density at radius 1 is 1.29 bits per heavy atom. The van der Waals surface area contributed by atoms with Gasteiger partial charge in [0, 0.05) is 6.04 Å². The minimum absolute atomic E-state index is 0.0707. The van der Waals surface area contributed by atoms with E-state index in [0.717, 1.165) is 11.1 Å². The molecule has 2 heteroatoms. The summed E-state index contributed by atoms with van der Waals surface area (Å²) in [5, 5.41) is 3.39. The monoisotopic (exact) mass is 235 g/mol. The van der Waals surface area contributed by atoms with Gasteiger partial charge in [0.15, 0.2) is 0 Å². The SMILES string of the molecule is CNC(c1cc(C)c(F)c(C)c1)C1CC1(C)C. The predicted octanol–water partition coefficient (Wildman–Crippen LogP) is 3.75. The van der Waals surface area contributed by atoms with E-state index in [1.54, 1.807) is 0 Å². The highest BCUT2D eigenvalue weighted by molar-refractivity contribution is 5.33. The van der Waals surface area contributed by atoms with Crippen LogP contribution in [0.25, 0.3) is 0 Å². The van der Waals surface area contributed by atoms with Crippen LogP contribution in [0.1, 0.15) is 43.0 Å². The second-order valence-electron chi connectivity index (χ2n) is 6.03. The van der Waals surface area contributed by atoms with E-state index in [0.29, 0.717) is 17.4 Å². The minimum atomic E-state index is -0.0707. The first kappa shape index (κ1) is 12.6. The molecule has 1 aliphatic carbocycles. The van der Waals surface area contributed by atoms with Crippen LogP contribution < -0.4 is 5.32 Å². The molecular weight excluding hydrogens is 213 g/mol. The third kappa shape index (κ3) is 2.23. The molecule has 1 N–H and O–H groups in total. The molecule has 0 spiro atoms. The molecule has 94 valence electrons. The maximum absolute atomic E-state index is 13.6. The zero-order valence-corrected chi connectivity index (χ0v) is 11.4. The van der Waals surface area contributed by atoms with Crippen LogP contribution in [0.5, 0.6) is 0 Å². The van der Waals surface area contributed by atoms with Gasteiger partial charge >= 0.3 is 0 Å². The Morgan fingerprint density at radius 3 is 2.12 bits per heavy atom. The van der Waals surface area contributed by atoms with Crippen LogP contribution in [-0.2, 0) is 0 Å². The fraction of sp³-hybridized carbons (Fsp3) is 0.600. The predicted molar refractivity (Wildman–Crippen MR) is 69.6 cm³/mol. The molecule has 1 aliphatic rings. The summed E-state index contributed by atoms with van der Waals surface area (Å²) in [7, 11) is 1.99. The molecule has 1 saturated carbocycles. The van der Waals surface area contributed by atoms with Crippen molar-refractivity contribution in [3.8, 4) is 0 Å². The Morgan fingerprint density at radius 2 is 1.76 bits per heavy atom. The van der Waals surface area contributed by atoms with Gasteiger partial charge in [0.1, 0.15) is 5.82 Å². The number of hydrogen-bond donors (Lipinski definition) is 1. The molecule has 0 aromatic heterocycles. The second kappa shape index (κ2) is 4.09. The van der Waals surface area contributed by atoms with Crippen molar-refractivity contribution in [3.05, 3.63) is 34.6 Å². The highest BCUT2D eigenvalue weighted by Gasteiger charge is 2.50. The van der Waals surface area contributed by atoms with Crippen LogP contribution in [0, 0.1) is 31.0 Å². The molecule has 0 aliphatic heterocycles. The molecule has 0 amide bonds. The number of rotatable bonds is 3. The van der Waals surface area contributed by atoms with Gasteiger partial charge in [-0.25, -0.2) is 4.39 Å². The summed E-state index contributed by atoms with van der Waals surface area (Å²) in [6.07, 6.45) is 1.24. The lowest BCUT2D eigenvalue weighted by molar-refractivity contribution is 0.440. The van der Waals surface area contributed by atoms with Gasteiger partial charge in [-0.15, -0.1) is 0 Å². The number of halogens is 1. The highest BCUT2D eigenvalue weighted by atomic mass is 19.1. The van der Waals surface area contributed by atoms with Crippen LogP contribution >= 0.6 is 0 Å². The smallest absolute Gasteiger partial charge is 0.129 e. The van der Waals surface area contributed by atoms with Crippen molar-refractivity contribution in [2.75, 3.05) is 7.05 Å². The molecule has 0 bridgehead atoms. The van der Waals surface area contributed by atoms with E-state index >= 15 is 0 Å². The van der Waals surface area contributed by atoms with Gasteiger partial charge in [-0.1, -0.05) is 26.0 Å². The first-order valence-electron chi connectivity index (χ1n) is 6.30. The lowest BCUT2D eigenvalue weighted by Gasteiger charge is -2.20. The molecule has 2 unspecified atom stereocenters. The molecule has 0 radical (unpaired) electrons. The summed E-state index contributed by atoms with van der Waals surface area (Å²) < 4.78 is 13.6. The molecule has 2 rings (SSSR count). The number of nitrogens with one attached hydrogen (secondary N) is 1. The fourth-order valence-corrected chi connectivity index (χ4v) is 2.84. The van der Waals surface area contributed by atoms with Gasteiger partial charge in [-0.3, -0.25) is 0 Å². The average Bonchev–Trinajstić information content (AvgIpc) is 2.85. The van der Waals surface area contributed by atoms with Crippen LogP contribution in [0.4, 0.5) is 4.39 Å². The highest BCUT2D eigenvalue weighted by Crippen LogP contribution is 2.57. The van der Waals surface area contributed by atoms with Gasteiger partial charge in [0.25, 0.3) is 0 Å². The van der Waals surface area contributed by atoms with Crippen molar-refractivity contribution in [2.45, 2.75) is 40.2 Å². The van der Waals surface area contributed by atoms with Crippen molar-refractivity contribution < 1.29 is 4.39 Å². The Labute approximate surface area is 103 Å². The van der Waals surface area contributed by atoms with Gasteiger partial charge < -0.3 is 5.32 Å². The van der Waals surface area contributed by atoms with Crippen LogP contribution in [0.3, 0.4) is 0 Å². The lowest BCUT2D eigenvalue weighted by Crippen LogP contribution is -2.21. The van der Waals surface area contributed by atoms with Crippen LogP contribution in [-0.4, -0.2) is 7.05 Å². The van der Waals surface area contributed by atoms with Crippen LogP contribution in [0.15, 0.2) is 12.1 Å². The van der Waals surface area contributed by atoms with E-state index in [-0.39, 0.29) is 5.82 Å². The molecular formula is C15H22FN. The second-order valence-corrected chi connectivity index (χ2v) is 6.03. The molecule has 1 aromatic rings. The van der Waals surface area contributed by atoms with Crippen molar-refractivity contribution in [3.63, 3.8) is 0 Å². The maximum atomic E-state index is 13.6. The minimum Gasteiger partial charge on any atom is -0.313 e. The van der Waals surface area contributed by atoms with Crippen molar-refractivity contribution in [1.29, 1.82) is 0 Å². The molecule has 0 heterocycles. The standard InChI is InChI=1S/C15H22FN/c1-9-6-11(7-10(2)13(9)16)14(17-5)12-8-15(12,3)4/h6-7,12,14,17H,8H2,1-5H3. The lowest BCUT2D eigenvalue weighted by atomic mass is 9.94. The third-order valence-electron chi connectivity index (χ3n) is 4.12. The van der Waals surface area contributed by atoms with Crippen LogP contribution in [0.2, 0.25) is 0 Å².